The van der Waals surface area contributed by atoms with Gasteiger partial charge in [-0.25, -0.2) is 14.0 Å². The molecule has 0 aliphatic carbocycles. The van der Waals surface area contributed by atoms with Crippen LogP contribution in [-0.2, 0) is 20.8 Å². The van der Waals surface area contributed by atoms with Gasteiger partial charge in [0.25, 0.3) is 0 Å². The molecule has 4 rings (SSSR count). The zero-order valence-electron chi connectivity index (χ0n) is 17.7. The molecule has 2 aliphatic rings. The monoisotopic (exact) mass is 442 g/mol. The highest BCUT2D eigenvalue weighted by Gasteiger charge is 2.28. The summed E-state index contributed by atoms with van der Waals surface area (Å²) in [7, 11) is 0. The molecule has 2 heterocycles. The number of amides is 1. The molecule has 2 aliphatic heterocycles. The van der Waals surface area contributed by atoms with Gasteiger partial charge in [0.05, 0.1) is 0 Å². The summed E-state index contributed by atoms with van der Waals surface area (Å²) >= 11 is 0. The van der Waals surface area contributed by atoms with Crippen LogP contribution in [0.4, 0.5) is 10.1 Å². The minimum absolute atomic E-state index is 0.172. The summed E-state index contributed by atoms with van der Waals surface area (Å²) in [5, 5.41) is 14.8. The molecule has 0 unspecified atom stereocenters. The van der Waals surface area contributed by atoms with Gasteiger partial charge in [0, 0.05) is 44.2 Å². The van der Waals surface area contributed by atoms with E-state index >= 15 is 0 Å². The van der Waals surface area contributed by atoms with E-state index in [-0.39, 0.29) is 11.7 Å². The smallest absolute Gasteiger partial charge is 0.414 e. The van der Waals surface area contributed by atoms with Crippen molar-refractivity contribution < 1.29 is 29.0 Å². The van der Waals surface area contributed by atoms with Crippen molar-refractivity contribution in [3.63, 3.8) is 0 Å². The lowest BCUT2D eigenvalue weighted by atomic mass is 9.91. The number of para-hydroxylation sites is 1. The molecule has 2 saturated heterocycles. The van der Waals surface area contributed by atoms with Crippen molar-refractivity contribution in [2.75, 3.05) is 31.1 Å². The number of carbonyl (C=O) groups excluding carboxylic acids is 1. The number of carbonyl (C=O) groups is 3. The van der Waals surface area contributed by atoms with Crippen molar-refractivity contribution in [1.82, 2.24) is 4.90 Å². The van der Waals surface area contributed by atoms with Crippen LogP contribution in [0.1, 0.15) is 36.3 Å². The molecule has 1 amide bonds. The van der Waals surface area contributed by atoms with Gasteiger partial charge in [-0.2, -0.15) is 0 Å². The predicted molar refractivity (Wildman–Crippen MR) is 117 cm³/mol. The van der Waals surface area contributed by atoms with Gasteiger partial charge in [0.1, 0.15) is 5.82 Å². The Kier molecular flexibility index (Phi) is 7.94. The Bertz CT molecular complexity index is 945. The first-order valence-corrected chi connectivity index (χ1v) is 10.7. The van der Waals surface area contributed by atoms with Gasteiger partial charge in [-0.3, -0.25) is 4.79 Å². The third-order valence-electron chi connectivity index (χ3n) is 5.78. The molecule has 0 bridgehead atoms. The fourth-order valence-electron chi connectivity index (χ4n) is 4.02. The average Bonchev–Trinajstić information content (AvgIpc) is 2.75. The Morgan fingerprint density at radius 1 is 0.969 bits per heavy atom. The number of rotatable bonds is 5. The summed E-state index contributed by atoms with van der Waals surface area (Å²) in [5.41, 5.74) is 3.57. The van der Waals surface area contributed by atoms with E-state index in [1.54, 1.807) is 12.1 Å². The third kappa shape index (κ3) is 6.13. The van der Waals surface area contributed by atoms with Gasteiger partial charge in [0.15, 0.2) is 0 Å². The highest BCUT2D eigenvalue weighted by molar-refractivity contribution is 6.27. The van der Waals surface area contributed by atoms with Crippen LogP contribution in [-0.4, -0.2) is 59.1 Å². The lowest BCUT2D eigenvalue weighted by molar-refractivity contribution is -0.159. The third-order valence-corrected chi connectivity index (χ3v) is 5.78. The molecule has 7 nitrogen and oxygen atoms in total. The fourth-order valence-corrected chi connectivity index (χ4v) is 4.02. The van der Waals surface area contributed by atoms with E-state index in [1.807, 2.05) is 23.1 Å². The van der Waals surface area contributed by atoms with E-state index in [0.29, 0.717) is 12.3 Å². The van der Waals surface area contributed by atoms with Gasteiger partial charge in [0.2, 0.25) is 5.91 Å². The number of nitrogens with zero attached hydrogens (tertiary/aromatic N) is 2. The van der Waals surface area contributed by atoms with E-state index in [9.17, 15) is 9.18 Å². The molecular weight excluding hydrogens is 415 g/mol. The maximum absolute atomic E-state index is 13.0. The molecular formula is C24H27FN2O5. The maximum atomic E-state index is 13.0. The van der Waals surface area contributed by atoms with Crippen LogP contribution in [0.3, 0.4) is 0 Å². The summed E-state index contributed by atoms with van der Waals surface area (Å²) in [6.07, 6.45) is 3.72. The number of carboxylic acids is 2. The van der Waals surface area contributed by atoms with Crippen LogP contribution in [0.15, 0.2) is 48.5 Å². The number of piperidine rings is 1. The van der Waals surface area contributed by atoms with Crippen LogP contribution in [0.25, 0.3) is 0 Å². The van der Waals surface area contributed by atoms with Crippen molar-refractivity contribution in [2.24, 2.45) is 0 Å². The van der Waals surface area contributed by atoms with Crippen LogP contribution < -0.4 is 4.90 Å². The molecule has 2 N–H and O–H groups in total. The predicted octanol–water partition coefficient (Wildman–Crippen LogP) is 3.14. The van der Waals surface area contributed by atoms with E-state index in [1.165, 1.54) is 11.1 Å². The molecule has 2 aromatic carbocycles. The average molecular weight is 442 g/mol. The first-order valence-electron chi connectivity index (χ1n) is 10.7. The van der Waals surface area contributed by atoms with Gasteiger partial charge in [-0.05, 0) is 48.6 Å². The largest absolute Gasteiger partial charge is 0.473 e. The number of hydrogen-bond acceptors (Lipinski definition) is 4. The Hall–Kier alpha value is -3.26. The lowest BCUT2D eigenvalue weighted by Gasteiger charge is -2.40. The Balaban J connectivity index is 0.000000427. The number of anilines is 1. The number of carboxylic acid groups (broad SMARTS) is 2. The molecule has 8 heteroatoms. The van der Waals surface area contributed by atoms with E-state index in [2.05, 4.69) is 23.1 Å². The quantitative estimate of drug-likeness (QED) is 0.691. The van der Waals surface area contributed by atoms with E-state index < -0.39 is 11.9 Å². The van der Waals surface area contributed by atoms with Crippen LogP contribution in [0.2, 0.25) is 0 Å². The Morgan fingerprint density at radius 3 is 2.25 bits per heavy atom. The van der Waals surface area contributed by atoms with Crippen molar-refractivity contribution in [2.45, 2.75) is 31.6 Å². The number of likely N-dealkylation sites (tertiary alicyclic amines) is 1. The zero-order valence-corrected chi connectivity index (χ0v) is 17.7. The van der Waals surface area contributed by atoms with Crippen molar-refractivity contribution >= 4 is 23.5 Å². The summed E-state index contributed by atoms with van der Waals surface area (Å²) in [6.45, 7) is 3.88. The first-order chi connectivity index (χ1) is 15.3. The highest BCUT2D eigenvalue weighted by Crippen LogP contribution is 2.29. The van der Waals surface area contributed by atoms with Crippen LogP contribution in [0.5, 0.6) is 0 Å². The fraction of sp³-hybridized carbons (Fsp3) is 0.375. The van der Waals surface area contributed by atoms with Crippen molar-refractivity contribution in [3.05, 3.63) is 65.5 Å². The van der Waals surface area contributed by atoms with Gasteiger partial charge < -0.3 is 20.0 Å². The minimum atomic E-state index is -1.82. The Labute approximate surface area is 186 Å². The van der Waals surface area contributed by atoms with Gasteiger partial charge >= 0.3 is 11.9 Å². The second-order valence-corrected chi connectivity index (χ2v) is 8.00. The molecule has 32 heavy (non-hydrogen) atoms. The second kappa shape index (κ2) is 10.9. The van der Waals surface area contributed by atoms with E-state index in [4.69, 9.17) is 19.8 Å². The Morgan fingerprint density at radius 2 is 1.62 bits per heavy atom. The first kappa shape index (κ1) is 23.4. The molecule has 2 aromatic rings. The molecule has 0 atom stereocenters. The number of hydrogen-bond donors (Lipinski definition) is 2. The second-order valence-electron chi connectivity index (χ2n) is 8.00. The van der Waals surface area contributed by atoms with E-state index in [0.717, 1.165) is 51.1 Å². The van der Waals surface area contributed by atoms with Crippen LogP contribution in [0, 0.1) is 5.82 Å². The molecule has 170 valence electrons. The molecule has 0 radical (unpaired) electrons. The minimum Gasteiger partial charge on any atom is -0.473 e. The summed E-state index contributed by atoms with van der Waals surface area (Å²) in [4.78, 5) is 34.9. The van der Waals surface area contributed by atoms with Crippen molar-refractivity contribution in [1.29, 1.82) is 0 Å². The summed E-state index contributed by atoms with van der Waals surface area (Å²) in [5.74, 6) is -3.06. The number of benzene rings is 2. The highest BCUT2D eigenvalue weighted by atomic mass is 19.1. The number of halogens is 1. The van der Waals surface area contributed by atoms with Gasteiger partial charge in [-0.1, -0.05) is 30.3 Å². The van der Waals surface area contributed by atoms with Gasteiger partial charge in [-0.15, -0.1) is 0 Å². The maximum Gasteiger partial charge on any atom is 0.414 e. The topological polar surface area (TPSA) is 98.1 Å². The number of aliphatic carboxylic acids is 2. The molecule has 0 spiro atoms. The standard InChI is InChI=1S/C22H25FN2O.C2H2O4/c23-20-10-8-17(9-11-20)19-15-24(16-19)14-12-18-5-1-2-6-21(18)25-13-4-3-7-22(25)26;3-1(4)2(5)6/h1-2,5-6,8-11,19H,3-4,7,12-16H2;(H,3,4)(H,5,6). The normalized spacial score (nSPS) is 16.7. The molecule has 0 saturated carbocycles. The summed E-state index contributed by atoms with van der Waals surface area (Å²) < 4.78 is 13.0. The van der Waals surface area contributed by atoms with Crippen LogP contribution >= 0.6 is 0 Å². The van der Waals surface area contributed by atoms with Crippen molar-refractivity contribution in [3.8, 4) is 0 Å². The lowest BCUT2D eigenvalue weighted by Crippen LogP contribution is -2.45. The molecule has 0 aromatic heterocycles. The molecule has 2 fully saturated rings. The zero-order chi connectivity index (χ0) is 23.1. The SMILES string of the molecule is O=C(O)C(=O)O.O=C1CCCCN1c1ccccc1CCN1CC(c2ccc(F)cc2)C1. The summed E-state index contributed by atoms with van der Waals surface area (Å²) in [6, 6.07) is 15.2.